The minimum atomic E-state index is -0.659. The van der Waals surface area contributed by atoms with Crippen molar-refractivity contribution in [1.29, 1.82) is 0 Å². The fourth-order valence-corrected chi connectivity index (χ4v) is 4.67. The molecule has 1 aliphatic heterocycles. The lowest BCUT2D eigenvalue weighted by molar-refractivity contribution is -0.141. The highest BCUT2D eigenvalue weighted by Crippen LogP contribution is 2.29. The summed E-state index contributed by atoms with van der Waals surface area (Å²) < 4.78 is 0. The van der Waals surface area contributed by atoms with E-state index in [2.05, 4.69) is 16.8 Å². The van der Waals surface area contributed by atoms with Crippen LogP contribution in [-0.4, -0.2) is 41.9 Å². The Bertz CT molecular complexity index is 580. The molecule has 5 nitrogen and oxygen atoms in total. The Labute approximate surface area is 166 Å². The highest BCUT2D eigenvalue weighted by molar-refractivity contribution is 7.09. The third kappa shape index (κ3) is 5.21. The van der Waals surface area contributed by atoms with Gasteiger partial charge in [0, 0.05) is 30.4 Å². The van der Waals surface area contributed by atoms with E-state index in [1.54, 1.807) is 11.3 Å². The second-order valence-electron chi connectivity index (χ2n) is 7.40. The third-order valence-corrected chi connectivity index (χ3v) is 6.51. The molecule has 1 aromatic heterocycles. The Morgan fingerprint density at radius 1 is 1.23 bits per heavy atom. The van der Waals surface area contributed by atoms with Crippen molar-refractivity contribution in [3.63, 3.8) is 0 Å². The molecule has 2 amide bonds. The number of nitrogens with zero attached hydrogens (tertiary/aromatic N) is 1. The number of halogens is 1. The molecular formula is C19H30ClN3O2S. The highest BCUT2D eigenvalue weighted by atomic mass is 35.5. The van der Waals surface area contributed by atoms with Crippen LogP contribution in [0.15, 0.2) is 17.5 Å². The number of piperidine rings is 1. The number of carbonyl (C=O) groups excluding carboxylic acids is 2. The average molecular weight is 400 g/mol. The highest BCUT2D eigenvalue weighted by Gasteiger charge is 2.39. The fourth-order valence-electron chi connectivity index (χ4n) is 3.96. The molecule has 1 aromatic rings. The van der Waals surface area contributed by atoms with Gasteiger partial charge in [-0.05, 0) is 43.6 Å². The first-order valence-electron chi connectivity index (χ1n) is 9.47. The number of amides is 2. The van der Waals surface area contributed by atoms with E-state index in [1.807, 2.05) is 11.0 Å². The molecule has 0 aromatic carbocycles. The molecule has 0 bridgehead atoms. The zero-order valence-corrected chi connectivity index (χ0v) is 16.9. The summed E-state index contributed by atoms with van der Waals surface area (Å²) in [5.41, 5.74) is 5.71. The van der Waals surface area contributed by atoms with Crippen molar-refractivity contribution in [1.82, 2.24) is 10.2 Å². The van der Waals surface area contributed by atoms with Gasteiger partial charge in [0.2, 0.25) is 11.8 Å². The predicted molar refractivity (Wildman–Crippen MR) is 108 cm³/mol. The number of likely N-dealkylation sites (tertiary alicyclic amines) is 1. The summed E-state index contributed by atoms with van der Waals surface area (Å²) in [5.74, 6) is 0.250. The Morgan fingerprint density at radius 2 is 1.92 bits per heavy atom. The average Bonchev–Trinajstić information content (AvgIpc) is 3.15. The first-order chi connectivity index (χ1) is 12.1. The van der Waals surface area contributed by atoms with Crippen LogP contribution in [0.5, 0.6) is 0 Å². The molecule has 0 radical (unpaired) electrons. The summed E-state index contributed by atoms with van der Waals surface area (Å²) in [4.78, 5) is 28.3. The van der Waals surface area contributed by atoms with Gasteiger partial charge in [-0.25, -0.2) is 0 Å². The van der Waals surface area contributed by atoms with E-state index < -0.39 is 5.54 Å². The lowest BCUT2D eigenvalue weighted by Crippen LogP contribution is -2.58. The molecule has 7 heteroatoms. The van der Waals surface area contributed by atoms with Crippen LogP contribution in [0.2, 0.25) is 0 Å². The number of nitrogens with one attached hydrogen (secondary N) is 1. The Morgan fingerprint density at radius 3 is 2.54 bits per heavy atom. The Balaban J connectivity index is 0.00000243. The van der Waals surface area contributed by atoms with Gasteiger partial charge in [0.15, 0.2) is 0 Å². The topological polar surface area (TPSA) is 75.4 Å². The molecule has 26 heavy (non-hydrogen) atoms. The van der Waals surface area contributed by atoms with Gasteiger partial charge < -0.3 is 16.0 Å². The fraction of sp³-hybridized carbons (Fsp3) is 0.684. The van der Waals surface area contributed by atoms with E-state index in [-0.39, 0.29) is 30.1 Å². The van der Waals surface area contributed by atoms with Crippen LogP contribution < -0.4 is 11.1 Å². The lowest BCUT2D eigenvalue weighted by Gasteiger charge is -2.39. The van der Waals surface area contributed by atoms with Crippen LogP contribution in [-0.2, 0) is 16.0 Å². The van der Waals surface area contributed by atoms with Crippen molar-refractivity contribution in [3.8, 4) is 0 Å². The first kappa shape index (κ1) is 21.2. The van der Waals surface area contributed by atoms with Crippen LogP contribution >= 0.6 is 23.7 Å². The second-order valence-corrected chi connectivity index (χ2v) is 8.44. The minimum absolute atomic E-state index is 0. The maximum Gasteiger partial charge on any atom is 0.242 e. The smallest absolute Gasteiger partial charge is 0.242 e. The number of hydrogen-bond acceptors (Lipinski definition) is 4. The van der Waals surface area contributed by atoms with Crippen LogP contribution in [0.4, 0.5) is 0 Å². The third-order valence-electron chi connectivity index (χ3n) is 5.58. The van der Waals surface area contributed by atoms with E-state index in [1.165, 1.54) is 11.3 Å². The Hall–Kier alpha value is -1.11. The zero-order valence-electron chi connectivity index (χ0n) is 15.2. The van der Waals surface area contributed by atoms with Crippen molar-refractivity contribution in [2.45, 2.75) is 56.9 Å². The predicted octanol–water partition coefficient (Wildman–Crippen LogP) is 2.73. The number of hydrogen-bond donors (Lipinski definition) is 2. The maximum atomic E-state index is 12.8. The van der Waals surface area contributed by atoms with Crippen molar-refractivity contribution < 1.29 is 9.59 Å². The van der Waals surface area contributed by atoms with Gasteiger partial charge in [-0.1, -0.05) is 25.3 Å². The summed E-state index contributed by atoms with van der Waals surface area (Å²) in [6.07, 6.45) is 7.25. The van der Waals surface area contributed by atoms with Gasteiger partial charge in [-0.15, -0.1) is 23.7 Å². The van der Waals surface area contributed by atoms with E-state index in [0.717, 1.165) is 44.9 Å². The lowest BCUT2D eigenvalue weighted by atomic mass is 9.81. The quantitative estimate of drug-likeness (QED) is 0.799. The minimum Gasteiger partial charge on any atom is -0.355 e. The van der Waals surface area contributed by atoms with E-state index in [4.69, 9.17) is 5.73 Å². The summed E-state index contributed by atoms with van der Waals surface area (Å²) >= 11 is 1.72. The molecule has 3 rings (SSSR count). The van der Waals surface area contributed by atoms with Crippen LogP contribution in [0.3, 0.4) is 0 Å². The van der Waals surface area contributed by atoms with Crippen molar-refractivity contribution in [2.24, 2.45) is 11.7 Å². The zero-order chi connectivity index (χ0) is 17.7. The monoisotopic (exact) mass is 399 g/mol. The van der Waals surface area contributed by atoms with E-state index in [0.29, 0.717) is 19.6 Å². The van der Waals surface area contributed by atoms with Crippen molar-refractivity contribution in [2.75, 3.05) is 19.6 Å². The second kappa shape index (κ2) is 9.72. The first-order valence-corrected chi connectivity index (χ1v) is 10.3. The number of rotatable bonds is 5. The molecule has 0 atom stereocenters. The van der Waals surface area contributed by atoms with Gasteiger partial charge in [-0.3, -0.25) is 9.59 Å². The normalized spacial score (nSPS) is 20.3. The summed E-state index contributed by atoms with van der Waals surface area (Å²) in [6.45, 7) is 1.99. The summed E-state index contributed by atoms with van der Waals surface area (Å²) in [7, 11) is 0. The van der Waals surface area contributed by atoms with Gasteiger partial charge >= 0.3 is 0 Å². The van der Waals surface area contributed by atoms with Gasteiger partial charge in [0.25, 0.3) is 0 Å². The maximum absolute atomic E-state index is 12.8. The number of carbonyl (C=O) groups is 2. The Kier molecular flexibility index (Phi) is 7.92. The molecule has 1 saturated carbocycles. The van der Waals surface area contributed by atoms with Crippen LogP contribution in [0.25, 0.3) is 0 Å². The SMILES string of the molecule is Cl.NC1(C(=O)N2CCC(C(=O)NCCc3cccs3)CC2)CCCCC1. The molecule has 2 heterocycles. The van der Waals surface area contributed by atoms with Gasteiger partial charge in [-0.2, -0.15) is 0 Å². The van der Waals surface area contributed by atoms with Gasteiger partial charge in [0.05, 0.1) is 5.54 Å². The molecule has 1 aliphatic carbocycles. The summed E-state index contributed by atoms with van der Waals surface area (Å²) in [5, 5.41) is 5.10. The molecule has 0 spiro atoms. The molecule has 2 fully saturated rings. The number of thiophene rings is 1. The molecular weight excluding hydrogens is 370 g/mol. The van der Waals surface area contributed by atoms with Crippen LogP contribution in [0, 0.1) is 5.92 Å². The van der Waals surface area contributed by atoms with E-state index >= 15 is 0 Å². The molecule has 0 unspecified atom stereocenters. The molecule has 146 valence electrons. The van der Waals surface area contributed by atoms with Gasteiger partial charge in [0.1, 0.15) is 0 Å². The molecule has 3 N–H and O–H groups in total. The standard InChI is InChI=1S/C19H29N3O2S.ClH/c20-19(9-2-1-3-10-19)18(24)22-12-7-15(8-13-22)17(23)21-11-6-16-5-4-14-25-16;/h4-5,14-15H,1-3,6-13,20H2,(H,21,23);1H. The number of nitrogens with two attached hydrogens (primary N) is 1. The van der Waals surface area contributed by atoms with Crippen molar-refractivity contribution in [3.05, 3.63) is 22.4 Å². The van der Waals surface area contributed by atoms with Crippen molar-refractivity contribution >= 4 is 35.6 Å². The molecule has 2 aliphatic rings. The van der Waals surface area contributed by atoms with E-state index in [9.17, 15) is 9.59 Å². The molecule has 1 saturated heterocycles. The summed E-state index contributed by atoms with van der Waals surface area (Å²) in [6, 6.07) is 4.12. The largest absolute Gasteiger partial charge is 0.355 e. The van der Waals surface area contributed by atoms with Crippen LogP contribution in [0.1, 0.15) is 49.8 Å².